The lowest BCUT2D eigenvalue weighted by atomic mass is 10.2. The van der Waals surface area contributed by atoms with Crippen LogP contribution in [0, 0.1) is 0 Å². The van der Waals surface area contributed by atoms with Crippen molar-refractivity contribution >= 4 is 23.5 Å². The Hall–Kier alpha value is -2.19. The lowest BCUT2D eigenvalue weighted by Crippen LogP contribution is -2.39. The van der Waals surface area contributed by atoms with Crippen molar-refractivity contribution < 1.29 is 18.0 Å². The molecule has 1 aliphatic heterocycles. The molecule has 0 aromatic heterocycles. The molecule has 2 amide bonds. The van der Waals surface area contributed by atoms with Crippen LogP contribution in [0.3, 0.4) is 0 Å². The van der Waals surface area contributed by atoms with Gasteiger partial charge in [-0.25, -0.2) is 4.79 Å². The van der Waals surface area contributed by atoms with E-state index in [4.69, 9.17) is 0 Å². The fourth-order valence-electron chi connectivity index (χ4n) is 3.03. The number of anilines is 1. The van der Waals surface area contributed by atoms with Crippen LogP contribution in [-0.4, -0.2) is 35.6 Å². The van der Waals surface area contributed by atoms with E-state index in [9.17, 15) is 18.0 Å². The second-order valence-corrected chi connectivity index (χ2v) is 7.52. The number of thioether (sulfide) groups is 1. The standard InChI is InChI=1S/C19H20F3N3OS/c20-19(21,22)27-17-8-6-15(7-9-17)23-18(26)24-16-10-11-25(13-16)12-14-4-2-1-3-5-14/h1-9,16H,10-13H2,(H2,23,24,26). The highest BCUT2D eigenvalue weighted by Gasteiger charge is 2.29. The molecule has 3 rings (SSSR count). The molecule has 1 heterocycles. The van der Waals surface area contributed by atoms with Crippen molar-refractivity contribution in [1.29, 1.82) is 0 Å². The third-order valence-corrected chi connectivity index (χ3v) is 4.94. The van der Waals surface area contributed by atoms with Gasteiger partial charge in [-0.2, -0.15) is 13.2 Å². The zero-order chi connectivity index (χ0) is 19.3. The van der Waals surface area contributed by atoms with E-state index in [2.05, 4.69) is 27.7 Å². The second kappa shape index (κ2) is 8.67. The van der Waals surface area contributed by atoms with Gasteiger partial charge in [0.15, 0.2) is 0 Å². The zero-order valence-corrected chi connectivity index (χ0v) is 15.3. The van der Waals surface area contributed by atoms with Gasteiger partial charge in [0.25, 0.3) is 0 Å². The molecule has 0 spiro atoms. The van der Waals surface area contributed by atoms with Crippen molar-refractivity contribution in [3.63, 3.8) is 0 Å². The highest BCUT2D eigenvalue weighted by molar-refractivity contribution is 8.00. The van der Waals surface area contributed by atoms with Crippen molar-refractivity contribution in [2.24, 2.45) is 0 Å². The van der Waals surface area contributed by atoms with Gasteiger partial charge in [0.1, 0.15) is 0 Å². The van der Waals surface area contributed by atoms with E-state index in [0.29, 0.717) is 5.69 Å². The van der Waals surface area contributed by atoms with Crippen LogP contribution < -0.4 is 10.6 Å². The van der Waals surface area contributed by atoms with E-state index in [-0.39, 0.29) is 28.7 Å². The molecule has 4 nitrogen and oxygen atoms in total. The second-order valence-electron chi connectivity index (χ2n) is 6.38. The summed E-state index contributed by atoms with van der Waals surface area (Å²) in [6, 6.07) is 15.5. The Morgan fingerprint density at radius 1 is 1.11 bits per heavy atom. The number of hydrogen-bond acceptors (Lipinski definition) is 3. The molecule has 1 aliphatic rings. The quantitative estimate of drug-likeness (QED) is 0.722. The molecule has 0 aliphatic carbocycles. The lowest BCUT2D eigenvalue weighted by Gasteiger charge is -2.17. The number of alkyl halides is 3. The molecule has 0 radical (unpaired) electrons. The van der Waals surface area contributed by atoms with E-state index < -0.39 is 5.51 Å². The van der Waals surface area contributed by atoms with Crippen molar-refractivity contribution in [3.05, 3.63) is 60.2 Å². The van der Waals surface area contributed by atoms with Gasteiger partial charge < -0.3 is 10.6 Å². The summed E-state index contributed by atoms with van der Waals surface area (Å²) in [6.07, 6.45) is 0.863. The Kier molecular flexibility index (Phi) is 6.28. The highest BCUT2D eigenvalue weighted by atomic mass is 32.2. The van der Waals surface area contributed by atoms with E-state index in [0.717, 1.165) is 26.1 Å². The predicted octanol–water partition coefficient (Wildman–Crippen LogP) is 4.69. The van der Waals surface area contributed by atoms with Crippen LogP contribution in [0.4, 0.5) is 23.7 Å². The molecule has 144 valence electrons. The Balaban J connectivity index is 1.44. The van der Waals surface area contributed by atoms with E-state index >= 15 is 0 Å². The maximum absolute atomic E-state index is 12.3. The Morgan fingerprint density at radius 3 is 2.48 bits per heavy atom. The number of halogens is 3. The van der Waals surface area contributed by atoms with E-state index in [1.807, 2.05) is 18.2 Å². The minimum Gasteiger partial charge on any atom is -0.334 e. The summed E-state index contributed by atoms with van der Waals surface area (Å²) in [7, 11) is 0. The smallest absolute Gasteiger partial charge is 0.334 e. The first-order valence-electron chi connectivity index (χ1n) is 8.57. The summed E-state index contributed by atoms with van der Waals surface area (Å²) in [4.78, 5) is 14.5. The van der Waals surface area contributed by atoms with Crippen LogP contribution in [0.1, 0.15) is 12.0 Å². The van der Waals surface area contributed by atoms with Gasteiger partial charge in [-0.15, -0.1) is 0 Å². The number of likely N-dealkylation sites (tertiary alicyclic amines) is 1. The Bertz CT molecular complexity index is 753. The maximum Gasteiger partial charge on any atom is 0.446 e. The third-order valence-electron chi connectivity index (χ3n) is 4.20. The summed E-state index contributed by atoms with van der Waals surface area (Å²) >= 11 is -0.179. The molecule has 0 bridgehead atoms. The summed E-state index contributed by atoms with van der Waals surface area (Å²) in [5, 5.41) is 5.58. The van der Waals surface area contributed by atoms with Crippen LogP contribution in [0.2, 0.25) is 0 Å². The normalized spacial score (nSPS) is 17.7. The van der Waals surface area contributed by atoms with Crippen molar-refractivity contribution in [2.75, 3.05) is 18.4 Å². The van der Waals surface area contributed by atoms with Gasteiger partial charge in [0.2, 0.25) is 0 Å². The van der Waals surface area contributed by atoms with Crippen LogP contribution in [-0.2, 0) is 6.54 Å². The van der Waals surface area contributed by atoms with Crippen LogP contribution in [0.15, 0.2) is 59.5 Å². The SMILES string of the molecule is O=C(Nc1ccc(SC(F)(F)F)cc1)NC1CCN(Cc2ccccc2)C1. The molecular formula is C19H20F3N3OS. The number of urea groups is 1. The summed E-state index contributed by atoms with van der Waals surface area (Å²) < 4.78 is 37.0. The molecule has 2 aromatic rings. The molecule has 2 aromatic carbocycles. The van der Waals surface area contributed by atoms with Crippen LogP contribution in [0.5, 0.6) is 0 Å². The van der Waals surface area contributed by atoms with Crippen molar-refractivity contribution in [2.45, 2.75) is 29.4 Å². The first-order valence-corrected chi connectivity index (χ1v) is 9.39. The molecule has 27 heavy (non-hydrogen) atoms. The van der Waals surface area contributed by atoms with Gasteiger partial charge in [-0.1, -0.05) is 30.3 Å². The molecule has 8 heteroatoms. The summed E-state index contributed by atoms with van der Waals surface area (Å²) in [5.41, 5.74) is -2.63. The predicted molar refractivity (Wildman–Crippen MR) is 101 cm³/mol. The molecule has 1 atom stereocenters. The minimum atomic E-state index is -4.32. The van der Waals surface area contributed by atoms with Crippen LogP contribution >= 0.6 is 11.8 Å². The molecule has 1 fully saturated rings. The number of nitrogens with one attached hydrogen (secondary N) is 2. The average Bonchev–Trinajstić information content (AvgIpc) is 3.03. The summed E-state index contributed by atoms with van der Waals surface area (Å²) in [6.45, 7) is 2.52. The van der Waals surface area contributed by atoms with Crippen molar-refractivity contribution in [1.82, 2.24) is 10.2 Å². The topological polar surface area (TPSA) is 44.4 Å². The largest absolute Gasteiger partial charge is 0.446 e. The number of carbonyl (C=O) groups is 1. The first-order chi connectivity index (χ1) is 12.9. The number of carbonyl (C=O) groups excluding carboxylic acids is 1. The van der Waals surface area contributed by atoms with Gasteiger partial charge in [0, 0.05) is 36.3 Å². The number of nitrogens with zero attached hydrogens (tertiary/aromatic N) is 1. The molecule has 1 unspecified atom stereocenters. The zero-order valence-electron chi connectivity index (χ0n) is 14.5. The lowest BCUT2D eigenvalue weighted by molar-refractivity contribution is -0.0328. The van der Waals surface area contributed by atoms with Gasteiger partial charge in [-0.3, -0.25) is 4.90 Å². The van der Waals surface area contributed by atoms with Crippen LogP contribution in [0.25, 0.3) is 0 Å². The Morgan fingerprint density at radius 2 is 1.81 bits per heavy atom. The molecule has 2 N–H and O–H groups in total. The first kappa shape index (κ1) is 19.6. The number of amides is 2. The van der Waals surface area contributed by atoms with Gasteiger partial charge in [-0.05, 0) is 48.0 Å². The van der Waals surface area contributed by atoms with E-state index in [1.165, 1.54) is 29.8 Å². The van der Waals surface area contributed by atoms with Crippen molar-refractivity contribution in [3.8, 4) is 0 Å². The van der Waals surface area contributed by atoms with E-state index in [1.54, 1.807) is 0 Å². The number of rotatable bonds is 5. The minimum absolute atomic E-state index is 0.0498. The fraction of sp³-hybridized carbons (Fsp3) is 0.316. The maximum atomic E-state index is 12.3. The summed E-state index contributed by atoms with van der Waals surface area (Å²) in [5.74, 6) is 0. The Labute approximate surface area is 160 Å². The fourth-order valence-corrected chi connectivity index (χ4v) is 3.57. The molecule has 1 saturated heterocycles. The monoisotopic (exact) mass is 395 g/mol. The highest BCUT2D eigenvalue weighted by Crippen LogP contribution is 2.37. The molecule has 0 saturated carbocycles. The number of hydrogen-bond donors (Lipinski definition) is 2. The number of benzene rings is 2. The van der Waals surface area contributed by atoms with Gasteiger partial charge >= 0.3 is 11.5 Å². The third kappa shape index (κ3) is 6.48. The molecular weight excluding hydrogens is 375 g/mol. The average molecular weight is 395 g/mol. The van der Waals surface area contributed by atoms with Gasteiger partial charge in [0.05, 0.1) is 0 Å².